The summed E-state index contributed by atoms with van der Waals surface area (Å²) in [5, 5.41) is 8.23. The Kier molecular flexibility index (Phi) is 4.51. The summed E-state index contributed by atoms with van der Waals surface area (Å²) in [5.74, 6) is -0.499. The van der Waals surface area contributed by atoms with Crippen molar-refractivity contribution in [3.05, 3.63) is 58.9 Å². The van der Waals surface area contributed by atoms with Crippen LogP contribution in [0, 0.1) is 5.82 Å². The molecule has 0 spiro atoms. The Balaban J connectivity index is 2.23. The summed E-state index contributed by atoms with van der Waals surface area (Å²) < 4.78 is 36.1. The first-order valence-electron chi connectivity index (χ1n) is 6.12. The standard InChI is InChI=1S/C14H14ClFN2O2S/c1-9(10-5-6-13(15)14(16)7-10)18-11-3-2-4-12(8-11)21(17,19)20/h2-9,18H,1H3,(H2,17,19,20). The molecule has 0 aliphatic carbocycles. The number of anilines is 1. The summed E-state index contributed by atoms with van der Waals surface area (Å²) in [7, 11) is -3.76. The van der Waals surface area contributed by atoms with Gasteiger partial charge in [-0.25, -0.2) is 17.9 Å². The first-order valence-corrected chi connectivity index (χ1v) is 8.04. The molecule has 0 fully saturated rings. The van der Waals surface area contributed by atoms with Crippen molar-refractivity contribution in [2.24, 2.45) is 5.14 Å². The van der Waals surface area contributed by atoms with Crippen molar-refractivity contribution >= 4 is 27.3 Å². The Hall–Kier alpha value is -1.63. The van der Waals surface area contributed by atoms with Gasteiger partial charge in [-0.05, 0) is 42.8 Å². The molecule has 7 heteroatoms. The van der Waals surface area contributed by atoms with Gasteiger partial charge in [0.2, 0.25) is 10.0 Å². The summed E-state index contributed by atoms with van der Waals surface area (Å²) >= 11 is 5.64. The normalized spacial score (nSPS) is 13.0. The Morgan fingerprint density at radius 2 is 1.95 bits per heavy atom. The van der Waals surface area contributed by atoms with Crippen LogP contribution in [-0.4, -0.2) is 8.42 Å². The van der Waals surface area contributed by atoms with Crippen LogP contribution < -0.4 is 10.5 Å². The molecular weight excluding hydrogens is 315 g/mol. The summed E-state index contributed by atoms with van der Waals surface area (Å²) in [6, 6.07) is 10.4. The van der Waals surface area contributed by atoms with E-state index in [9.17, 15) is 12.8 Å². The summed E-state index contributed by atoms with van der Waals surface area (Å²) in [6.07, 6.45) is 0. The second-order valence-electron chi connectivity index (χ2n) is 4.61. The number of nitrogens with one attached hydrogen (secondary N) is 1. The third-order valence-corrected chi connectivity index (χ3v) is 4.21. The van der Waals surface area contributed by atoms with E-state index in [1.165, 1.54) is 24.3 Å². The van der Waals surface area contributed by atoms with Crippen LogP contribution in [0.3, 0.4) is 0 Å². The second-order valence-corrected chi connectivity index (χ2v) is 6.58. The largest absolute Gasteiger partial charge is 0.378 e. The predicted octanol–water partition coefficient (Wildman–Crippen LogP) is 3.30. The molecule has 0 saturated carbocycles. The predicted molar refractivity (Wildman–Crippen MR) is 81.3 cm³/mol. The van der Waals surface area contributed by atoms with Crippen LogP contribution in [0.2, 0.25) is 5.02 Å². The molecule has 1 unspecified atom stereocenters. The Morgan fingerprint density at radius 1 is 1.24 bits per heavy atom. The SMILES string of the molecule is CC(Nc1cccc(S(N)(=O)=O)c1)c1ccc(Cl)c(F)c1. The molecule has 2 aromatic carbocycles. The lowest BCUT2D eigenvalue weighted by Crippen LogP contribution is -2.13. The van der Waals surface area contributed by atoms with Crippen molar-refractivity contribution in [1.29, 1.82) is 0 Å². The van der Waals surface area contributed by atoms with Crippen molar-refractivity contribution in [2.75, 3.05) is 5.32 Å². The zero-order chi connectivity index (χ0) is 15.6. The average Bonchev–Trinajstić information content (AvgIpc) is 2.41. The van der Waals surface area contributed by atoms with Gasteiger partial charge >= 0.3 is 0 Å². The summed E-state index contributed by atoms with van der Waals surface area (Å²) in [4.78, 5) is 0.0157. The molecule has 0 heterocycles. The fourth-order valence-corrected chi connectivity index (χ4v) is 2.55. The molecule has 21 heavy (non-hydrogen) atoms. The van der Waals surface area contributed by atoms with Gasteiger partial charge in [0.15, 0.2) is 0 Å². The first kappa shape index (κ1) is 15.8. The van der Waals surface area contributed by atoms with E-state index in [4.69, 9.17) is 16.7 Å². The molecule has 0 aliphatic rings. The molecule has 0 aromatic heterocycles. The third kappa shape index (κ3) is 3.93. The van der Waals surface area contributed by atoms with E-state index in [1.807, 2.05) is 6.92 Å². The molecular formula is C14H14ClFN2O2S. The van der Waals surface area contributed by atoms with E-state index < -0.39 is 15.8 Å². The van der Waals surface area contributed by atoms with Crippen LogP contribution in [-0.2, 0) is 10.0 Å². The monoisotopic (exact) mass is 328 g/mol. The van der Waals surface area contributed by atoms with Gasteiger partial charge in [-0.15, -0.1) is 0 Å². The van der Waals surface area contributed by atoms with E-state index in [0.717, 1.165) is 0 Å². The number of rotatable bonds is 4. The van der Waals surface area contributed by atoms with Crippen LogP contribution in [0.4, 0.5) is 10.1 Å². The van der Waals surface area contributed by atoms with Crippen molar-refractivity contribution in [2.45, 2.75) is 17.9 Å². The number of benzene rings is 2. The summed E-state index contributed by atoms with van der Waals surface area (Å²) in [6.45, 7) is 1.83. The molecule has 4 nitrogen and oxygen atoms in total. The van der Waals surface area contributed by atoms with Crippen LogP contribution >= 0.6 is 11.6 Å². The lowest BCUT2D eigenvalue weighted by Gasteiger charge is -2.16. The lowest BCUT2D eigenvalue weighted by atomic mass is 10.1. The fraction of sp³-hybridized carbons (Fsp3) is 0.143. The van der Waals surface area contributed by atoms with Gasteiger partial charge in [-0.2, -0.15) is 0 Å². The molecule has 2 rings (SSSR count). The maximum absolute atomic E-state index is 13.4. The van der Waals surface area contributed by atoms with Gasteiger partial charge in [-0.3, -0.25) is 0 Å². The van der Waals surface area contributed by atoms with E-state index in [0.29, 0.717) is 11.3 Å². The molecule has 0 saturated heterocycles. The molecule has 1 atom stereocenters. The van der Waals surface area contributed by atoms with E-state index in [1.54, 1.807) is 18.2 Å². The maximum Gasteiger partial charge on any atom is 0.238 e. The number of halogens is 2. The van der Waals surface area contributed by atoms with Gasteiger partial charge < -0.3 is 5.32 Å². The highest BCUT2D eigenvalue weighted by Crippen LogP contribution is 2.24. The number of sulfonamides is 1. The molecule has 0 radical (unpaired) electrons. The van der Waals surface area contributed by atoms with Crippen LogP contribution in [0.25, 0.3) is 0 Å². The Morgan fingerprint density at radius 3 is 2.57 bits per heavy atom. The number of hydrogen-bond acceptors (Lipinski definition) is 3. The maximum atomic E-state index is 13.4. The average molecular weight is 329 g/mol. The van der Waals surface area contributed by atoms with Crippen molar-refractivity contribution < 1.29 is 12.8 Å². The van der Waals surface area contributed by atoms with Crippen molar-refractivity contribution in [1.82, 2.24) is 0 Å². The van der Waals surface area contributed by atoms with Gasteiger partial charge in [0.25, 0.3) is 0 Å². The molecule has 3 N–H and O–H groups in total. The highest BCUT2D eigenvalue weighted by atomic mass is 35.5. The third-order valence-electron chi connectivity index (χ3n) is 2.99. The zero-order valence-corrected chi connectivity index (χ0v) is 12.7. The molecule has 0 aliphatic heterocycles. The summed E-state index contributed by atoms with van der Waals surface area (Å²) in [5.41, 5.74) is 1.27. The molecule has 2 aromatic rings. The van der Waals surface area contributed by atoms with Crippen molar-refractivity contribution in [3.63, 3.8) is 0 Å². The highest BCUT2D eigenvalue weighted by Gasteiger charge is 2.11. The Labute approximate surface area is 127 Å². The van der Waals surface area contributed by atoms with Gasteiger partial charge in [0.05, 0.1) is 9.92 Å². The van der Waals surface area contributed by atoms with E-state index >= 15 is 0 Å². The van der Waals surface area contributed by atoms with Gasteiger partial charge in [0, 0.05) is 11.7 Å². The van der Waals surface area contributed by atoms with Crippen LogP contribution in [0.5, 0.6) is 0 Å². The minimum absolute atomic E-state index is 0.0157. The Bertz CT molecular complexity index is 765. The second kappa shape index (κ2) is 6.01. The first-order chi connectivity index (χ1) is 9.77. The van der Waals surface area contributed by atoms with Crippen LogP contribution in [0.1, 0.15) is 18.5 Å². The van der Waals surface area contributed by atoms with E-state index in [2.05, 4.69) is 5.32 Å². The van der Waals surface area contributed by atoms with Gasteiger partial charge in [0.1, 0.15) is 5.82 Å². The van der Waals surface area contributed by atoms with Gasteiger partial charge in [-0.1, -0.05) is 23.7 Å². The van der Waals surface area contributed by atoms with Crippen molar-refractivity contribution in [3.8, 4) is 0 Å². The van der Waals surface area contributed by atoms with E-state index in [-0.39, 0.29) is 16.0 Å². The molecule has 0 bridgehead atoms. The molecule has 0 amide bonds. The number of hydrogen-bond donors (Lipinski definition) is 2. The van der Waals surface area contributed by atoms with Crippen LogP contribution in [0.15, 0.2) is 47.4 Å². The number of primary sulfonamides is 1. The minimum Gasteiger partial charge on any atom is -0.378 e. The fourth-order valence-electron chi connectivity index (χ4n) is 1.88. The number of nitrogens with two attached hydrogens (primary N) is 1. The smallest absolute Gasteiger partial charge is 0.238 e. The topological polar surface area (TPSA) is 72.2 Å². The minimum atomic E-state index is -3.76. The molecule has 112 valence electrons. The quantitative estimate of drug-likeness (QED) is 0.904. The zero-order valence-electron chi connectivity index (χ0n) is 11.2. The lowest BCUT2D eigenvalue weighted by molar-refractivity contribution is 0.598. The highest BCUT2D eigenvalue weighted by molar-refractivity contribution is 7.89.